The van der Waals surface area contributed by atoms with E-state index in [4.69, 9.17) is 11.5 Å². The van der Waals surface area contributed by atoms with Gasteiger partial charge in [-0.15, -0.1) is 0 Å². The van der Waals surface area contributed by atoms with Crippen LogP contribution in [0.2, 0.25) is 0 Å². The van der Waals surface area contributed by atoms with Crippen LogP contribution in [0.3, 0.4) is 0 Å². The van der Waals surface area contributed by atoms with Crippen LogP contribution >= 0.6 is 0 Å². The van der Waals surface area contributed by atoms with E-state index >= 15 is 0 Å². The average molecular weight is 178 g/mol. The average Bonchev–Trinajstić information content (AvgIpc) is 2.17. The van der Waals surface area contributed by atoms with Crippen LogP contribution in [-0.4, -0.2) is 19.9 Å². The Morgan fingerprint density at radius 2 is 2.15 bits per heavy atom. The van der Waals surface area contributed by atoms with Crippen molar-refractivity contribution in [2.24, 2.45) is 10.7 Å². The summed E-state index contributed by atoms with van der Waals surface area (Å²) in [4.78, 5) is 3.89. The zero-order valence-corrected chi connectivity index (χ0v) is 7.83. The fraction of sp³-hybridized carbons (Fsp3) is 0.222. The van der Waals surface area contributed by atoms with Crippen molar-refractivity contribution in [3.8, 4) is 0 Å². The van der Waals surface area contributed by atoms with Crippen LogP contribution in [-0.2, 0) is 0 Å². The maximum atomic E-state index is 5.70. The van der Waals surface area contributed by atoms with E-state index in [0.717, 1.165) is 11.3 Å². The molecule has 0 bridgehead atoms. The van der Waals surface area contributed by atoms with E-state index in [0.29, 0.717) is 11.5 Å². The molecule has 0 spiro atoms. The van der Waals surface area contributed by atoms with E-state index in [2.05, 4.69) is 10.3 Å². The number of hydrogen-bond donors (Lipinski definition) is 3. The molecule has 0 aromatic heterocycles. The van der Waals surface area contributed by atoms with Crippen LogP contribution in [0.1, 0.15) is 5.56 Å². The summed E-state index contributed by atoms with van der Waals surface area (Å²) >= 11 is 0. The van der Waals surface area contributed by atoms with E-state index in [9.17, 15) is 0 Å². The van der Waals surface area contributed by atoms with Crippen LogP contribution in [0.4, 0.5) is 11.4 Å². The fourth-order valence-electron chi connectivity index (χ4n) is 1.06. The summed E-state index contributed by atoms with van der Waals surface area (Å²) in [5.74, 6) is 0.511. The van der Waals surface area contributed by atoms with Crippen molar-refractivity contribution in [3.05, 3.63) is 23.8 Å². The second kappa shape index (κ2) is 3.80. The van der Waals surface area contributed by atoms with Crippen molar-refractivity contribution in [2.45, 2.75) is 0 Å². The van der Waals surface area contributed by atoms with E-state index in [1.165, 1.54) is 0 Å². The summed E-state index contributed by atoms with van der Waals surface area (Å²) < 4.78 is 0. The molecule has 1 aromatic rings. The van der Waals surface area contributed by atoms with Gasteiger partial charge in [0.15, 0.2) is 0 Å². The summed E-state index contributed by atoms with van der Waals surface area (Å²) in [6.45, 7) is 0. The summed E-state index contributed by atoms with van der Waals surface area (Å²) in [5.41, 5.74) is 13.8. The lowest BCUT2D eigenvalue weighted by Crippen LogP contribution is -2.13. The number of hydrogen-bond acceptors (Lipinski definition) is 3. The Morgan fingerprint density at radius 3 is 2.69 bits per heavy atom. The minimum atomic E-state index is 0.511. The molecule has 4 nitrogen and oxygen atoms in total. The van der Waals surface area contributed by atoms with E-state index < -0.39 is 0 Å². The highest BCUT2D eigenvalue weighted by molar-refractivity contribution is 5.99. The first-order valence-corrected chi connectivity index (χ1v) is 3.99. The van der Waals surface area contributed by atoms with E-state index in [-0.39, 0.29) is 0 Å². The number of amidine groups is 1. The van der Waals surface area contributed by atoms with Crippen LogP contribution in [0.15, 0.2) is 23.2 Å². The third-order valence-corrected chi connectivity index (χ3v) is 1.86. The molecule has 4 heteroatoms. The smallest absolute Gasteiger partial charge is 0.125 e. The molecular formula is C9H14N4. The first-order valence-electron chi connectivity index (χ1n) is 3.99. The third kappa shape index (κ3) is 1.90. The standard InChI is InChI=1S/C9H14N4/c1-12-8-5-6(9(11)13-2)3-4-7(8)10/h3-5,12H,10H2,1-2H3,(H2,11,13). The first-order chi connectivity index (χ1) is 6.19. The maximum Gasteiger partial charge on any atom is 0.125 e. The van der Waals surface area contributed by atoms with Crippen LogP contribution < -0.4 is 16.8 Å². The molecule has 70 valence electrons. The van der Waals surface area contributed by atoms with Crippen molar-refractivity contribution in [1.82, 2.24) is 0 Å². The SMILES string of the molecule is CN=C(N)c1ccc(N)c(NC)c1. The number of nitrogens with zero attached hydrogens (tertiary/aromatic N) is 1. The van der Waals surface area contributed by atoms with Crippen molar-refractivity contribution >= 4 is 17.2 Å². The Bertz CT molecular complexity index is 330. The lowest BCUT2D eigenvalue weighted by Gasteiger charge is -2.07. The maximum absolute atomic E-state index is 5.70. The molecule has 1 aromatic carbocycles. The normalized spacial score (nSPS) is 11.4. The van der Waals surface area contributed by atoms with Gasteiger partial charge in [0.2, 0.25) is 0 Å². The molecule has 0 heterocycles. The van der Waals surface area contributed by atoms with Gasteiger partial charge in [0.05, 0.1) is 11.4 Å². The van der Waals surface area contributed by atoms with Crippen LogP contribution in [0.25, 0.3) is 0 Å². The Kier molecular flexibility index (Phi) is 2.74. The molecule has 5 N–H and O–H groups in total. The van der Waals surface area contributed by atoms with Crippen molar-refractivity contribution in [1.29, 1.82) is 0 Å². The Morgan fingerprint density at radius 1 is 1.46 bits per heavy atom. The van der Waals surface area contributed by atoms with Gasteiger partial charge in [-0.1, -0.05) is 0 Å². The Balaban J connectivity index is 3.13. The third-order valence-electron chi connectivity index (χ3n) is 1.86. The number of nitrogens with two attached hydrogens (primary N) is 2. The van der Waals surface area contributed by atoms with E-state index in [1.54, 1.807) is 13.1 Å². The molecule has 1 rings (SSSR count). The number of anilines is 2. The highest BCUT2D eigenvalue weighted by atomic mass is 14.9. The molecule has 0 fully saturated rings. The lowest BCUT2D eigenvalue weighted by molar-refractivity contribution is 1.38. The molecule has 0 unspecified atom stereocenters. The van der Waals surface area contributed by atoms with Gasteiger partial charge in [-0.3, -0.25) is 4.99 Å². The minimum absolute atomic E-state index is 0.511. The topological polar surface area (TPSA) is 76.4 Å². The molecule has 0 aliphatic rings. The Labute approximate surface area is 77.7 Å². The summed E-state index contributed by atoms with van der Waals surface area (Å²) in [6, 6.07) is 5.52. The highest BCUT2D eigenvalue weighted by Gasteiger charge is 2.01. The minimum Gasteiger partial charge on any atom is -0.397 e. The van der Waals surface area contributed by atoms with Crippen molar-refractivity contribution < 1.29 is 0 Å². The second-order valence-corrected chi connectivity index (χ2v) is 2.66. The second-order valence-electron chi connectivity index (χ2n) is 2.66. The summed E-state index contributed by atoms with van der Waals surface area (Å²) in [7, 11) is 3.47. The largest absolute Gasteiger partial charge is 0.397 e. The highest BCUT2D eigenvalue weighted by Crippen LogP contribution is 2.18. The molecule has 0 saturated heterocycles. The number of benzene rings is 1. The molecule has 0 atom stereocenters. The quantitative estimate of drug-likeness (QED) is 0.353. The van der Waals surface area contributed by atoms with Crippen molar-refractivity contribution in [3.63, 3.8) is 0 Å². The van der Waals surface area contributed by atoms with Gasteiger partial charge < -0.3 is 16.8 Å². The number of rotatable bonds is 2. The number of nitrogens with one attached hydrogen (secondary N) is 1. The molecule has 0 saturated carbocycles. The van der Waals surface area contributed by atoms with E-state index in [1.807, 2.05) is 19.2 Å². The predicted octanol–water partition coefficient (Wildman–Crippen LogP) is 0.646. The molecule has 0 radical (unpaired) electrons. The zero-order chi connectivity index (χ0) is 9.84. The first kappa shape index (κ1) is 9.38. The molecular weight excluding hydrogens is 164 g/mol. The van der Waals surface area contributed by atoms with Gasteiger partial charge in [-0.05, 0) is 18.2 Å². The van der Waals surface area contributed by atoms with Gasteiger partial charge in [0, 0.05) is 19.7 Å². The zero-order valence-electron chi connectivity index (χ0n) is 7.83. The van der Waals surface area contributed by atoms with Crippen LogP contribution in [0, 0.1) is 0 Å². The van der Waals surface area contributed by atoms with Gasteiger partial charge in [0.1, 0.15) is 5.84 Å². The Hall–Kier alpha value is -1.71. The van der Waals surface area contributed by atoms with Gasteiger partial charge in [-0.25, -0.2) is 0 Å². The number of nitrogen functional groups attached to an aromatic ring is 1. The molecule has 0 amide bonds. The van der Waals surface area contributed by atoms with Gasteiger partial charge in [0.25, 0.3) is 0 Å². The number of aliphatic imine (C=N–C) groups is 1. The molecule has 0 aliphatic carbocycles. The molecule has 0 aliphatic heterocycles. The van der Waals surface area contributed by atoms with Crippen molar-refractivity contribution in [2.75, 3.05) is 25.1 Å². The monoisotopic (exact) mass is 178 g/mol. The molecule has 13 heavy (non-hydrogen) atoms. The van der Waals surface area contributed by atoms with Gasteiger partial charge >= 0.3 is 0 Å². The summed E-state index contributed by atoms with van der Waals surface area (Å²) in [5, 5.41) is 2.98. The fourth-order valence-corrected chi connectivity index (χ4v) is 1.06. The van der Waals surface area contributed by atoms with Crippen LogP contribution in [0.5, 0.6) is 0 Å². The lowest BCUT2D eigenvalue weighted by atomic mass is 10.1. The summed E-state index contributed by atoms with van der Waals surface area (Å²) in [6.07, 6.45) is 0. The predicted molar refractivity (Wildman–Crippen MR) is 57.0 cm³/mol. The van der Waals surface area contributed by atoms with Gasteiger partial charge in [-0.2, -0.15) is 0 Å².